The Morgan fingerprint density at radius 3 is 0.775 bits per heavy atom. The molecule has 6 aliphatic carbocycles. The fourth-order valence-electron chi connectivity index (χ4n) is 13.3. The quantitative estimate of drug-likeness (QED) is 0.0313. The third kappa shape index (κ3) is 17.8. The number of rotatable bonds is 36. The van der Waals surface area contributed by atoms with Gasteiger partial charge in [-0.3, -0.25) is 14.4 Å². The number of carbonyl (C=O) groups excluding carboxylic acids is 3. The van der Waals surface area contributed by atoms with E-state index in [2.05, 4.69) is 55.3 Å². The van der Waals surface area contributed by atoms with E-state index in [0.29, 0.717) is 70.3 Å². The number of ketones is 3. The summed E-state index contributed by atoms with van der Waals surface area (Å²) in [5, 5.41) is 41.4. The zero-order chi connectivity index (χ0) is 72.2. The highest BCUT2D eigenvalue weighted by Crippen LogP contribution is 2.42. The van der Waals surface area contributed by atoms with E-state index in [1.165, 1.54) is 0 Å². The molecule has 15 nitrogen and oxygen atoms in total. The highest BCUT2D eigenvalue weighted by molar-refractivity contribution is 6.41. The molecule has 0 N–H and O–H groups in total. The number of hydrogen-bond donors (Lipinski definition) is 0. The molecule has 6 aliphatic rings. The van der Waals surface area contributed by atoms with Gasteiger partial charge >= 0.3 is 0 Å². The lowest BCUT2D eigenvalue weighted by Crippen LogP contribution is -2.30. The van der Waals surface area contributed by atoms with Crippen molar-refractivity contribution in [3.63, 3.8) is 0 Å². The van der Waals surface area contributed by atoms with Gasteiger partial charge in [0.2, 0.25) is 0 Å². The fraction of sp³-hybridized carbons (Fsp3) is 0.379. The molecule has 0 saturated heterocycles. The predicted molar refractivity (Wildman–Crippen MR) is 408 cm³/mol. The number of Topliss-reactive ketones (excluding diaryl/α,β-unsaturated/α-hetero) is 3. The average molecular weight is 1380 g/mol. The Hall–Kier alpha value is -10.0. The maximum Gasteiger partial charge on any atom is 0.199 e. The number of benzene rings is 4. The molecular weight excluding hydrogens is 1270 g/mol. The van der Waals surface area contributed by atoms with E-state index in [0.717, 1.165) is 151 Å². The second-order valence-electron chi connectivity index (χ2n) is 27.0. The van der Waals surface area contributed by atoms with E-state index in [4.69, 9.17) is 14.2 Å². The number of hydrogen-bond acceptors (Lipinski definition) is 12. The number of unbranched alkanes of at least 4 members (excludes halogenated alkanes) is 6. The highest BCUT2D eigenvalue weighted by atomic mass is 16.5. The van der Waals surface area contributed by atoms with Crippen molar-refractivity contribution in [1.29, 1.82) is 0 Å². The summed E-state index contributed by atoms with van der Waals surface area (Å²) in [6.07, 6.45) is 36.7. The molecule has 102 heavy (non-hydrogen) atoms. The van der Waals surface area contributed by atoms with Gasteiger partial charge in [-0.05, 0) is 106 Å². The maximum atomic E-state index is 13.8. The zero-order valence-electron chi connectivity index (χ0n) is 61.4. The number of likely N-dealkylation sites (N-methyl/N-ethyl adjacent to an activating group) is 3. The number of carbonyl (C=O) groups is 3. The lowest BCUT2D eigenvalue weighted by atomic mass is 9.80. The van der Waals surface area contributed by atoms with Gasteiger partial charge in [0.15, 0.2) is 34.5 Å². The largest absolute Gasteiger partial charge is 0.871 e. The van der Waals surface area contributed by atoms with Crippen LogP contribution >= 0.6 is 0 Å². The van der Waals surface area contributed by atoms with Crippen LogP contribution in [0.25, 0.3) is 16.7 Å². The first-order chi connectivity index (χ1) is 49.6. The molecular formula is C87H102N6O9. The SMILES string of the molecule is CCCC[N+](CCCC)=C1C=CC(=C2C(=O)C(c3cccc(N(C)CCOc4cc(OCCN(C)c5cccc(C6=C([O-])C(=C7C=CC(=[N+](CCCC)CCCC)C=C7)C6=O)c5)cc(OCCN(C)c5cccc(C6=C([O-])C(=C7C=CC(=[N+](CCCC)CCCC)C=C7)C6=O)c5)c4)c3)=C2[O-])C=C1. The lowest BCUT2D eigenvalue weighted by molar-refractivity contribution is -0.527. The van der Waals surface area contributed by atoms with Crippen molar-refractivity contribution in [3.8, 4) is 17.2 Å². The van der Waals surface area contributed by atoms with Crippen LogP contribution in [0.1, 0.15) is 135 Å². The van der Waals surface area contributed by atoms with Gasteiger partial charge in [0, 0.05) is 165 Å². The monoisotopic (exact) mass is 1370 g/mol. The number of allylic oxidation sites excluding steroid dienone is 21. The van der Waals surface area contributed by atoms with Crippen molar-refractivity contribution >= 4 is 68.3 Å². The second kappa shape index (κ2) is 36.0. The summed E-state index contributed by atoms with van der Waals surface area (Å²) in [6.45, 7) is 21.1. The van der Waals surface area contributed by atoms with Gasteiger partial charge in [0.05, 0.1) is 19.6 Å². The molecule has 0 amide bonds. The number of anilines is 3. The molecule has 0 spiro atoms. The molecule has 0 radical (unpaired) electrons. The maximum absolute atomic E-state index is 13.8. The van der Waals surface area contributed by atoms with Crippen molar-refractivity contribution in [2.45, 2.75) is 119 Å². The van der Waals surface area contributed by atoms with Crippen LogP contribution in [0.5, 0.6) is 17.2 Å². The summed E-state index contributed by atoms with van der Waals surface area (Å²) in [6, 6.07) is 27.9. The van der Waals surface area contributed by atoms with Crippen LogP contribution in [-0.4, -0.2) is 148 Å². The minimum atomic E-state index is -0.252. The second-order valence-corrected chi connectivity index (χ2v) is 27.0. The Balaban J connectivity index is 0.811. The topological polar surface area (TPSA) is 167 Å². The summed E-state index contributed by atoms with van der Waals surface area (Å²) in [4.78, 5) is 47.4. The van der Waals surface area contributed by atoms with Crippen LogP contribution in [-0.2, 0) is 14.4 Å². The molecule has 10 rings (SSSR count). The van der Waals surface area contributed by atoms with Crippen molar-refractivity contribution < 1.29 is 57.6 Å². The van der Waals surface area contributed by atoms with Crippen LogP contribution < -0.4 is 44.2 Å². The van der Waals surface area contributed by atoms with E-state index in [9.17, 15) is 29.7 Å². The average Bonchev–Trinajstić information content (AvgIpc) is 0.759. The molecule has 0 aliphatic heterocycles. The molecule has 0 bridgehead atoms. The van der Waals surface area contributed by atoms with Crippen molar-refractivity contribution in [2.75, 3.05) is 115 Å². The summed E-state index contributed by atoms with van der Waals surface area (Å²) in [5.74, 6) is 0.0260. The highest BCUT2D eigenvalue weighted by Gasteiger charge is 2.34. The zero-order valence-corrected chi connectivity index (χ0v) is 61.4. The molecule has 0 fully saturated rings. The smallest absolute Gasteiger partial charge is 0.199 e. The third-order valence-corrected chi connectivity index (χ3v) is 19.6. The van der Waals surface area contributed by atoms with Crippen LogP contribution in [0, 0.1) is 0 Å². The van der Waals surface area contributed by atoms with Crippen LogP contribution in [0.15, 0.2) is 215 Å². The minimum Gasteiger partial charge on any atom is -0.871 e. The molecule has 0 aromatic heterocycles. The van der Waals surface area contributed by atoms with E-state index >= 15 is 0 Å². The predicted octanol–water partition coefficient (Wildman–Crippen LogP) is 12.6. The number of nitrogens with zero attached hydrogens (tertiary/aromatic N) is 6. The van der Waals surface area contributed by atoms with Gasteiger partial charge in [-0.1, -0.05) is 134 Å². The molecule has 4 aromatic carbocycles. The Bertz CT molecular complexity index is 3790. The first-order valence-corrected chi connectivity index (χ1v) is 37.1. The molecule has 0 heterocycles. The van der Waals surface area contributed by atoms with Gasteiger partial charge in [-0.2, -0.15) is 0 Å². The minimum absolute atomic E-state index is 0.187. The Morgan fingerprint density at radius 1 is 0.324 bits per heavy atom. The molecule has 534 valence electrons. The normalized spacial score (nSPS) is 15.5. The van der Waals surface area contributed by atoms with Gasteiger partial charge in [-0.25, -0.2) is 13.7 Å². The van der Waals surface area contributed by atoms with Crippen LogP contribution in [0.3, 0.4) is 0 Å². The molecule has 0 saturated carbocycles. The Morgan fingerprint density at radius 2 is 0.559 bits per heavy atom. The third-order valence-electron chi connectivity index (χ3n) is 19.6. The molecule has 0 unspecified atom stereocenters. The molecule has 0 atom stereocenters. The Kier molecular flexibility index (Phi) is 26.4. The van der Waals surface area contributed by atoms with Crippen LogP contribution in [0.2, 0.25) is 0 Å². The van der Waals surface area contributed by atoms with E-state index in [1.807, 2.05) is 200 Å². The van der Waals surface area contributed by atoms with E-state index in [-0.39, 0.29) is 87.9 Å². The summed E-state index contributed by atoms with van der Waals surface area (Å²) >= 11 is 0. The van der Waals surface area contributed by atoms with Gasteiger partial charge in [0.1, 0.15) is 76.3 Å². The molecule has 15 heteroatoms. The first kappa shape index (κ1) is 74.7. The number of ether oxygens (including phenoxy) is 3. The van der Waals surface area contributed by atoms with Gasteiger partial charge in [0.25, 0.3) is 0 Å². The summed E-state index contributed by atoms with van der Waals surface area (Å²) in [5.41, 5.74) is 10.6. The standard InChI is InChI=1S/C87H102N6O9/c1-10-16-43-91(44-17-11-2)67-37-31-61(32-38-67)76-82(94)79(83(76)95)64-25-22-28-70(55-64)88(7)49-52-100-73-58-74(101-53-50-89(8)71-29-23-26-65(56-71)80-84(96)77(85(80)97)62-33-39-68(40-34-62)92(45-18-12-3)46-19-13-4)60-75(59-73)102-54-51-90(9)72-30-24-27-66(57-72)81-86(98)78(87(81)99)63-35-41-69(42-36-63)93(47-20-14-5)48-21-15-6/h22-42,55-60H,10-21,43-54H2,1-9H3. The fourth-order valence-corrected chi connectivity index (χ4v) is 13.3. The lowest BCUT2D eigenvalue weighted by Gasteiger charge is -2.32. The van der Waals surface area contributed by atoms with E-state index in [1.54, 1.807) is 0 Å². The summed E-state index contributed by atoms with van der Waals surface area (Å²) in [7, 11) is 5.81. The summed E-state index contributed by atoms with van der Waals surface area (Å²) < 4.78 is 26.6. The molecule has 4 aromatic rings. The van der Waals surface area contributed by atoms with Crippen molar-refractivity contribution in [2.24, 2.45) is 0 Å². The van der Waals surface area contributed by atoms with Gasteiger partial charge < -0.3 is 44.2 Å². The first-order valence-electron chi connectivity index (χ1n) is 37.1. The van der Waals surface area contributed by atoms with Gasteiger partial charge in [-0.15, -0.1) is 0 Å². The van der Waals surface area contributed by atoms with Crippen LogP contribution in [0.4, 0.5) is 17.1 Å². The van der Waals surface area contributed by atoms with Crippen molar-refractivity contribution in [3.05, 3.63) is 231 Å². The van der Waals surface area contributed by atoms with Crippen molar-refractivity contribution in [1.82, 2.24) is 0 Å². The van der Waals surface area contributed by atoms with E-state index < -0.39 is 0 Å². The Labute approximate surface area is 604 Å².